The number of alkyl halides is 1. The predicted molar refractivity (Wildman–Crippen MR) is 58.4 cm³/mol. The topological polar surface area (TPSA) is 12.9 Å². The molecule has 70 valence electrons. The highest BCUT2D eigenvalue weighted by Gasteiger charge is 2.41. The average molecular weight is 261 g/mol. The molecule has 0 saturated heterocycles. The maximum atomic E-state index is 6.04. The lowest BCUT2D eigenvalue weighted by Gasteiger charge is -2.11. The van der Waals surface area contributed by atoms with Crippen LogP contribution < -0.4 is 0 Å². The van der Waals surface area contributed by atoms with Gasteiger partial charge in [0.15, 0.2) is 0 Å². The van der Waals surface area contributed by atoms with Gasteiger partial charge in [-0.1, -0.05) is 27.5 Å². The first-order valence-electron chi connectivity index (χ1n) is 4.40. The standard InChI is InChI=1S/C10H11BrClN/c11-7-10(2-3-10)5-8-1-4-13-6-9(8)12/h1,4,6H,2-3,5,7H2. The lowest BCUT2D eigenvalue weighted by Crippen LogP contribution is -2.06. The molecule has 0 unspecified atom stereocenters. The van der Waals surface area contributed by atoms with Crippen molar-refractivity contribution in [1.29, 1.82) is 0 Å². The maximum Gasteiger partial charge on any atom is 0.0621 e. The van der Waals surface area contributed by atoms with Crippen molar-refractivity contribution in [2.24, 2.45) is 5.41 Å². The second-order valence-electron chi connectivity index (χ2n) is 3.78. The smallest absolute Gasteiger partial charge is 0.0621 e. The highest BCUT2D eigenvalue weighted by molar-refractivity contribution is 9.09. The molecule has 13 heavy (non-hydrogen) atoms. The molecule has 0 spiro atoms. The molecule has 0 N–H and O–H groups in total. The molecule has 2 rings (SSSR count). The van der Waals surface area contributed by atoms with Crippen LogP contribution in [0.5, 0.6) is 0 Å². The summed E-state index contributed by atoms with van der Waals surface area (Å²) in [5.41, 5.74) is 1.72. The van der Waals surface area contributed by atoms with E-state index in [9.17, 15) is 0 Å². The zero-order valence-electron chi connectivity index (χ0n) is 7.26. The lowest BCUT2D eigenvalue weighted by atomic mass is 10.00. The zero-order chi connectivity index (χ0) is 9.31. The Kier molecular flexibility index (Phi) is 2.61. The number of hydrogen-bond donors (Lipinski definition) is 0. The first kappa shape index (κ1) is 9.47. The highest BCUT2D eigenvalue weighted by atomic mass is 79.9. The Hall–Kier alpha value is -0.0800. The van der Waals surface area contributed by atoms with E-state index in [1.54, 1.807) is 6.20 Å². The van der Waals surface area contributed by atoms with Crippen molar-refractivity contribution in [2.45, 2.75) is 19.3 Å². The quantitative estimate of drug-likeness (QED) is 0.759. The van der Waals surface area contributed by atoms with Gasteiger partial charge in [-0.2, -0.15) is 0 Å². The van der Waals surface area contributed by atoms with Crippen LogP contribution in [0.1, 0.15) is 18.4 Å². The largest absolute Gasteiger partial charge is 0.263 e. The van der Waals surface area contributed by atoms with E-state index < -0.39 is 0 Å². The van der Waals surface area contributed by atoms with Gasteiger partial charge in [0.05, 0.1) is 5.02 Å². The summed E-state index contributed by atoms with van der Waals surface area (Å²) in [7, 11) is 0. The third-order valence-corrected chi connectivity index (χ3v) is 4.19. The molecule has 0 atom stereocenters. The van der Waals surface area contributed by atoms with Crippen LogP contribution in [0.2, 0.25) is 5.02 Å². The summed E-state index contributed by atoms with van der Waals surface area (Å²) in [6, 6.07) is 2.02. The maximum absolute atomic E-state index is 6.04. The summed E-state index contributed by atoms with van der Waals surface area (Å²) in [6.07, 6.45) is 7.25. The Balaban J connectivity index is 2.14. The molecule has 3 heteroatoms. The highest BCUT2D eigenvalue weighted by Crippen LogP contribution is 2.50. The van der Waals surface area contributed by atoms with Crippen LogP contribution in [0.25, 0.3) is 0 Å². The molecule has 1 aliphatic carbocycles. The Morgan fingerprint density at radius 2 is 2.31 bits per heavy atom. The third kappa shape index (κ3) is 2.05. The minimum Gasteiger partial charge on any atom is -0.263 e. The Morgan fingerprint density at radius 1 is 1.54 bits per heavy atom. The molecule has 1 fully saturated rings. The van der Waals surface area contributed by atoms with E-state index in [2.05, 4.69) is 20.9 Å². The fourth-order valence-corrected chi connectivity index (χ4v) is 2.43. The van der Waals surface area contributed by atoms with Crippen LogP contribution in [0, 0.1) is 5.41 Å². The van der Waals surface area contributed by atoms with E-state index in [4.69, 9.17) is 11.6 Å². The summed E-state index contributed by atoms with van der Waals surface area (Å²) in [4.78, 5) is 3.98. The molecule has 1 aliphatic rings. The van der Waals surface area contributed by atoms with Crippen LogP contribution in [0.3, 0.4) is 0 Å². The van der Waals surface area contributed by atoms with Gasteiger partial charge in [-0.05, 0) is 36.3 Å². The predicted octanol–water partition coefficient (Wildman–Crippen LogP) is 3.45. The molecular weight excluding hydrogens is 249 g/mol. The molecule has 0 radical (unpaired) electrons. The zero-order valence-corrected chi connectivity index (χ0v) is 9.61. The summed E-state index contributed by atoms with van der Waals surface area (Å²) in [6.45, 7) is 0. The molecule has 1 heterocycles. The summed E-state index contributed by atoms with van der Waals surface area (Å²) >= 11 is 9.59. The lowest BCUT2D eigenvalue weighted by molar-refractivity contribution is 0.586. The van der Waals surface area contributed by atoms with Gasteiger partial charge in [-0.25, -0.2) is 0 Å². The Bertz CT molecular complexity index is 310. The van der Waals surface area contributed by atoms with Crippen molar-refractivity contribution in [3.63, 3.8) is 0 Å². The van der Waals surface area contributed by atoms with Crippen LogP contribution in [-0.4, -0.2) is 10.3 Å². The van der Waals surface area contributed by atoms with E-state index in [1.807, 2.05) is 12.3 Å². The number of hydrogen-bond acceptors (Lipinski definition) is 1. The minimum absolute atomic E-state index is 0.491. The first-order chi connectivity index (χ1) is 6.26. The Labute approximate surface area is 91.6 Å². The first-order valence-corrected chi connectivity index (χ1v) is 5.90. The van der Waals surface area contributed by atoms with Crippen molar-refractivity contribution in [3.05, 3.63) is 29.0 Å². The third-order valence-electron chi connectivity index (χ3n) is 2.66. The van der Waals surface area contributed by atoms with Gasteiger partial charge < -0.3 is 0 Å². The SMILES string of the molecule is Clc1cnccc1CC1(CBr)CC1. The molecule has 0 aliphatic heterocycles. The van der Waals surface area contributed by atoms with E-state index in [0.717, 1.165) is 16.8 Å². The summed E-state index contributed by atoms with van der Waals surface area (Å²) in [5.74, 6) is 0. The van der Waals surface area contributed by atoms with E-state index in [-0.39, 0.29) is 0 Å². The normalized spacial score (nSPS) is 18.6. The van der Waals surface area contributed by atoms with Crippen molar-refractivity contribution in [2.75, 3.05) is 5.33 Å². The Morgan fingerprint density at radius 3 is 2.85 bits per heavy atom. The van der Waals surface area contributed by atoms with E-state index >= 15 is 0 Å². The van der Waals surface area contributed by atoms with E-state index in [0.29, 0.717) is 5.41 Å². The summed E-state index contributed by atoms with van der Waals surface area (Å²) < 4.78 is 0. The van der Waals surface area contributed by atoms with Crippen molar-refractivity contribution < 1.29 is 0 Å². The molecular formula is C10H11BrClN. The molecule has 0 aromatic carbocycles. The second-order valence-corrected chi connectivity index (χ2v) is 4.75. The average Bonchev–Trinajstić information content (AvgIpc) is 2.90. The number of halogens is 2. The van der Waals surface area contributed by atoms with Crippen molar-refractivity contribution in [3.8, 4) is 0 Å². The molecule has 1 aromatic heterocycles. The monoisotopic (exact) mass is 259 g/mol. The number of rotatable bonds is 3. The second kappa shape index (κ2) is 3.58. The van der Waals surface area contributed by atoms with Crippen LogP contribution >= 0.6 is 27.5 Å². The van der Waals surface area contributed by atoms with E-state index in [1.165, 1.54) is 18.4 Å². The van der Waals surface area contributed by atoms with Gasteiger partial charge in [-0.15, -0.1) is 0 Å². The van der Waals surface area contributed by atoms with Crippen molar-refractivity contribution in [1.82, 2.24) is 4.98 Å². The van der Waals surface area contributed by atoms with Gasteiger partial charge in [0.1, 0.15) is 0 Å². The van der Waals surface area contributed by atoms with Gasteiger partial charge in [0.2, 0.25) is 0 Å². The molecule has 1 aromatic rings. The number of aromatic nitrogens is 1. The minimum atomic E-state index is 0.491. The van der Waals surface area contributed by atoms with Gasteiger partial charge >= 0.3 is 0 Å². The van der Waals surface area contributed by atoms with Gasteiger partial charge in [-0.3, -0.25) is 4.98 Å². The molecule has 0 bridgehead atoms. The number of pyridine rings is 1. The molecule has 1 nitrogen and oxygen atoms in total. The van der Waals surface area contributed by atoms with Gasteiger partial charge in [0, 0.05) is 17.7 Å². The van der Waals surface area contributed by atoms with Crippen LogP contribution in [0.4, 0.5) is 0 Å². The van der Waals surface area contributed by atoms with Gasteiger partial charge in [0.25, 0.3) is 0 Å². The fraction of sp³-hybridized carbons (Fsp3) is 0.500. The van der Waals surface area contributed by atoms with Crippen LogP contribution in [0.15, 0.2) is 18.5 Å². The molecule has 0 amide bonds. The fourth-order valence-electron chi connectivity index (χ4n) is 1.49. The molecule has 1 saturated carbocycles. The van der Waals surface area contributed by atoms with Crippen molar-refractivity contribution >= 4 is 27.5 Å². The number of nitrogens with zero attached hydrogens (tertiary/aromatic N) is 1. The van der Waals surface area contributed by atoms with Crippen LogP contribution in [-0.2, 0) is 6.42 Å². The summed E-state index contributed by atoms with van der Waals surface area (Å²) in [5, 5.41) is 1.88.